The second-order valence-electron chi connectivity index (χ2n) is 22.2. The third kappa shape index (κ3) is 9.53. The zero-order valence-electron chi connectivity index (χ0n) is 41.6. The maximum Gasteiger partial charge on any atom is 0.293 e. The number of nitro benzene ring substituents is 1. The zero-order valence-corrected chi connectivity index (χ0v) is 42.5. The van der Waals surface area contributed by atoms with Crippen LogP contribution in [0.2, 0.25) is 0 Å². The Labute approximate surface area is 422 Å². The van der Waals surface area contributed by atoms with E-state index in [1.54, 1.807) is 6.07 Å². The number of hydrogen-bond donors (Lipinski definition) is 4. The first-order valence-electron chi connectivity index (χ1n) is 26.2. The molecule has 11 rings (SSSR count). The molecule has 16 nitrogen and oxygen atoms in total. The first-order valence-corrected chi connectivity index (χ1v) is 27.7. The molecule has 3 atom stereocenters. The number of aromatic amines is 1. The monoisotopic (exact) mass is 1000 g/mol. The molecule has 3 aromatic carbocycles. The normalized spacial score (nSPS) is 25.6. The van der Waals surface area contributed by atoms with Crippen molar-refractivity contribution in [1.82, 2.24) is 19.6 Å². The van der Waals surface area contributed by atoms with Crippen LogP contribution in [0.1, 0.15) is 125 Å². The summed E-state index contributed by atoms with van der Waals surface area (Å²) in [4.78, 5) is 41.4. The van der Waals surface area contributed by atoms with E-state index in [2.05, 4.69) is 62.9 Å². The molecule has 2 aliphatic carbocycles. The Morgan fingerprint density at radius 1 is 0.972 bits per heavy atom. The number of nitro groups is 1. The van der Waals surface area contributed by atoms with Crippen LogP contribution in [-0.2, 0) is 14.8 Å². The average Bonchev–Trinajstić information content (AvgIpc) is 4.01. The number of carbonyl (C=O) groups excluding carboxylic acids is 1. The van der Waals surface area contributed by atoms with Gasteiger partial charge in [-0.05, 0) is 149 Å². The van der Waals surface area contributed by atoms with Crippen molar-refractivity contribution in [2.75, 3.05) is 61.1 Å². The van der Waals surface area contributed by atoms with Crippen LogP contribution in [0.5, 0.6) is 5.88 Å². The molecule has 0 radical (unpaired) electrons. The number of nitrogens with zero attached hydrogens (tertiary/aromatic N) is 5. The first kappa shape index (κ1) is 48.5. The fourth-order valence-electron chi connectivity index (χ4n) is 12.9. The SMILES string of the molecule is CC(C)c1ccccc1[C@@H]1CCCN1C1CC2(CCN(c3ccc(C(=O)NS(=O)(=O)c4ccc(NCC5CCC(C)(O)CC5)c([N+](=O)[O-])c4)c(N4C[C@@H]5COCC[C@@H]5Oc5nc6[nH]ccc6cc54)c3)CC2)C1. The van der Waals surface area contributed by atoms with Gasteiger partial charge >= 0.3 is 0 Å². The smallest absolute Gasteiger partial charge is 0.293 e. The van der Waals surface area contributed by atoms with Crippen molar-refractivity contribution < 1.29 is 32.7 Å². The van der Waals surface area contributed by atoms with Crippen LogP contribution < -0.4 is 24.6 Å². The van der Waals surface area contributed by atoms with E-state index in [0.29, 0.717) is 86.5 Å². The summed E-state index contributed by atoms with van der Waals surface area (Å²) in [5.74, 6) is 0.133. The molecule has 382 valence electrons. The van der Waals surface area contributed by atoms with Gasteiger partial charge in [0.2, 0.25) is 5.88 Å². The van der Waals surface area contributed by atoms with Crippen LogP contribution in [0.4, 0.5) is 28.4 Å². The third-order valence-corrected chi connectivity index (χ3v) is 18.4. The van der Waals surface area contributed by atoms with Gasteiger partial charge in [-0.25, -0.2) is 13.1 Å². The van der Waals surface area contributed by atoms with Crippen molar-refractivity contribution in [2.24, 2.45) is 17.3 Å². The zero-order chi connectivity index (χ0) is 49.9. The molecule has 2 aromatic heterocycles. The third-order valence-electron chi connectivity index (χ3n) is 17.1. The van der Waals surface area contributed by atoms with Crippen molar-refractivity contribution in [3.05, 3.63) is 106 Å². The van der Waals surface area contributed by atoms with E-state index in [9.17, 15) is 28.4 Å². The Morgan fingerprint density at radius 2 is 1.76 bits per heavy atom. The van der Waals surface area contributed by atoms with Gasteiger partial charge < -0.3 is 34.7 Å². The number of likely N-dealkylation sites (tertiary alicyclic amines) is 1. The first-order chi connectivity index (χ1) is 34.6. The fraction of sp³-hybridized carbons (Fsp3) is 0.527. The quantitative estimate of drug-likeness (QED) is 0.0682. The Balaban J connectivity index is 0.865. The Bertz CT molecular complexity index is 2950. The molecule has 3 saturated heterocycles. The number of anilines is 4. The summed E-state index contributed by atoms with van der Waals surface area (Å²) in [6, 6.07) is 23.3. The summed E-state index contributed by atoms with van der Waals surface area (Å²) in [5.41, 5.74) is 5.15. The van der Waals surface area contributed by atoms with Crippen LogP contribution in [-0.4, -0.2) is 103 Å². The number of sulfonamides is 1. The minimum Gasteiger partial charge on any atom is -0.472 e. The number of carbonyl (C=O) groups is 1. The van der Waals surface area contributed by atoms with Crippen LogP contribution in [0.15, 0.2) is 83.9 Å². The summed E-state index contributed by atoms with van der Waals surface area (Å²) in [6.07, 6.45) is 12.0. The molecule has 72 heavy (non-hydrogen) atoms. The summed E-state index contributed by atoms with van der Waals surface area (Å²) >= 11 is 0. The molecule has 0 bridgehead atoms. The van der Waals surface area contributed by atoms with E-state index in [1.807, 2.05) is 42.3 Å². The van der Waals surface area contributed by atoms with Gasteiger partial charge in [0.05, 0.1) is 39.9 Å². The number of aromatic nitrogens is 2. The van der Waals surface area contributed by atoms with Gasteiger partial charge in [0, 0.05) is 73.9 Å². The van der Waals surface area contributed by atoms with Crippen molar-refractivity contribution >= 4 is 55.4 Å². The number of H-pyrrole nitrogens is 1. The second kappa shape index (κ2) is 19.3. The number of benzene rings is 3. The molecule has 0 unspecified atom stereocenters. The molecule has 2 saturated carbocycles. The summed E-state index contributed by atoms with van der Waals surface area (Å²) in [5, 5.41) is 26.8. The predicted octanol–water partition coefficient (Wildman–Crippen LogP) is 9.59. The molecule has 17 heteroatoms. The highest BCUT2D eigenvalue weighted by Gasteiger charge is 2.50. The van der Waals surface area contributed by atoms with Crippen molar-refractivity contribution in [3.63, 3.8) is 0 Å². The van der Waals surface area contributed by atoms with Gasteiger partial charge in [-0.15, -0.1) is 0 Å². The molecule has 4 N–H and O–H groups in total. The lowest BCUT2D eigenvalue weighted by Crippen LogP contribution is -2.55. The van der Waals surface area contributed by atoms with Gasteiger partial charge in [0.25, 0.3) is 21.6 Å². The standard InChI is InChI=1S/C55H68N8O8S/c1-35(2)42-7-4-5-8-43(42)46-9-6-23-61(46)40-30-55(31-40)20-24-60(25-21-55)39-10-12-44(47(28-39)62-33-38-34-70-26-17-50(38)71-53-49(62)27-37-16-22-56-51(37)58-53)52(64)59-72(68,69)41-11-13-45(48(29-41)63(66)67)57-32-36-14-18-54(3,65)19-15-36/h4-5,7-8,10-13,16,22,27-29,35-36,38,40,46,50,57,65H,6,9,14-15,17-21,23-26,30-34H2,1-3H3,(H,56,58)(H,59,64)/t36?,38-,46+,50+,54?/m1/s1. The summed E-state index contributed by atoms with van der Waals surface area (Å²) < 4.78 is 43.3. The summed E-state index contributed by atoms with van der Waals surface area (Å²) in [6.45, 7) is 11.1. The average molecular weight is 1000 g/mol. The molecule has 5 aromatic rings. The number of nitrogens with one attached hydrogen (secondary N) is 3. The number of piperidine rings is 1. The minimum absolute atomic E-state index is 0.0919. The Kier molecular flexibility index (Phi) is 13.0. The Hall–Kier alpha value is -5.75. The number of fused-ring (bicyclic) bond motifs is 3. The highest BCUT2D eigenvalue weighted by Crippen LogP contribution is 2.55. The number of amides is 1. The Morgan fingerprint density at radius 3 is 2.54 bits per heavy atom. The molecule has 4 aliphatic heterocycles. The molecule has 1 spiro atoms. The van der Waals surface area contributed by atoms with Gasteiger partial charge in [0.1, 0.15) is 23.1 Å². The molecular weight excluding hydrogens is 933 g/mol. The number of pyridine rings is 1. The lowest BCUT2D eigenvalue weighted by atomic mass is 9.59. The van der Waals surface area contributed by atoms with E-state index in [1.165, 1.54) is 48.9 Å². The number of ether oxygens (including phenoxy) is 2. The molecule has 6 heterocycles. The van der Waals surface area contributed by atoms with Crippen molar-refractivity contribution in [2.45, 2.75) is 126 Å². The van der Waals surface area contributed by atoms with Gasteiger partial charge in [-0.2, -0.15) is 4.98 Å². The van der Waals surface area contributed by atoms with Crippen LogP contribution >= 0.6 is 0 Å². The van der Waals surface area contributed by atoms with Crippen molar-refractivity contribution in [1.29, 1.82) is 0 Å². The molecule has 1 amide bonds. The van der Waals surface area contributed by atoms with Crippen molar-refractivity contribution in [3.8, 4) is 5.88 Å². The maximum atomic E-state index is 14.7. The van der Waals surface area contributed by atoms with Crippen LogP contribution in [0.25, 0.3) is 11.0 Å². The highest BCUT2D eigenvalue weighted by atomic mass is 32.2. The number of rotatable bonds is 12. The topological polar surface area (TPSA) is 195 Å². The fourth-order valence-corrected chi connectivity index (χ4v) is 13.9. The minimum atomic E-state index is -4.61. The van der Waals surface area contributed by atoms with Crippen LogP contribution in [0.3, 0.4) is 0 Å². The maximum absolute atomic E-state index is 14.7. The number of aliphatic hydroxyl groups is 1. The lowest BCUT2D eigenvalue weighted by molar-refractivity contribution is -0.384. The van der Waals surface area contributed by atoms with E-state index >= 15 is 0 Å². The predicted molar refractivity (Wildman–Crippen MR) is 278 cm³/mol. The van der Waals surface area contributed by atoms with Gasteiger partial charge in [0.15, 0.2) is 0 Å². The number of hydrogen-bond acceptors (Lipinski definition) is 13. The van der Waals surface area contributed by atoms with E-state index in [0.717, 1.165) is 62.5 Å². The second-order valence-corrected chi connectivity index (χ2v) is 23.9. The highest BCUT2D eigenvalue weighted by molar-refractivity contribution is 7.90. The largest absolute Gasteiger partial charge is 0.472 e. The molecular formula is C55H68N8O8S. The summed E-state index contributed by atoms with van der Waals surface area (Å²) in [7, 11) is -4.61. The van der Waals surface area contributed by atoms with E-state index in [-0.39, 0.29) is 34.6 Å². The molecule has 5 fully saturated rings. The van der Waals surface area contributed by atoms with Crippen LogP contribution in [0, 0.1) is 27.4 Å². The van der Waals surface area contributed by atoms with E-state index in [4.69, 9.17) is 14.5 Å². The molecule has 6 aliphatic rings. The lowest BCUT2D eigenvalue weighted by Gasteiger charge is -2.56. The van der Waals surface area contributed by atoms with Gasteiger partial charge in [-0.1, -0.05) is 38.1 Å². The van der Waals surface area contributed by atoms with E-state index < -0.39 is 37.0 Å². The van der Waals surface area contributed by atoms with Gasteiger partial charge in [-0.3, -0.25) is 19.8 Å².